The number of benzene rings is 1. The zero-order valence-corrected chi connectivity index (χ0v) is 10.6. The molecule has 1 aromatic carbocycles. The Morgan fingerprint density at radius 3 is 2.43 bits per heavy atom. The largest absolute Gasteiger partial charge is 0.459 e. The van der Waals surface area contributed by atoms with Crippen LogP contribution in [0, 0.1) is 0 Å². The predicted octanol–water partition coefficient (Wildman–Crippen LogP) is 2.31. The van der Waals surface area contributed by atoms with Crippen LogP contribution in [0.1, 0.15) is 22.3 Å². The van der Waals surface area contributed by atoms with Crippen LogP contribution in [0.15, 0.2) is 24.3 Å². The maximum atomic E-state index is 12.9. The average Bonchev–Trinajstić information content (AvgIpc) is 2.74. The third-order valence-corrected chi connectivity index (χ3v) is 2.98. The van der Waals surface area contributed by atoms with Gasteiger partial charge in [-0.25, -0.2) is 9.18 Å². The minimum absolute atomic E-state index is 0.0571. The van der Waals surface area contributed by atoms with E-state index >= 15 is 0 Å². The maximum Gasteiger partial charge on any atom is 0.416 e. The zero-order valence-electron chi connectivity index (χ0n) is 10.6. The molecule has 0 aliphatic carbocycles. The first-order chi connectivity index (χ1) is 9.77. The molecule has 0 amide bonds. The van der Waals surface area contributed by atoms with Crippen molar-refractivity contribution >= 4 is 5.97 Å². The molecule has 1 aromatic rings. The lowest BCUT2D eigenvalue weighted by Gasteiger charge is -2.11. The van der Waals surface area contributed by atoms with Crippen LogP contribution in [0.25, 0.3) is 0 Å². The van der Waals surface area contributed by atoms with Crippen LogP contribution in [0.3, 0.4) is 0 Å². The normalized spacial score (nSPS) is 25.9. The third kappa shape index (κ3) is 3.92. The van der Waals surface area contributed by atoms with E-state index in [2.05, 4.69) is 0 Å². The standard InChI is InChI=1S/C13H12F4O4/c14-10-5-9(21-12(10)19)6-20-11(18)7-1-3-8(4-2-7)13(15,16)17/h1-4,9-10,12,19H,5-6H2. The summed E-state index contributed by atoms with van der Waals surface area (Å²) in [5, 5.41) is 9.01. The number of aliphatic hydroxyl groups is 1. The molecule has 1 N–H and O–H groups in total. The van der Waals surface area contributed by atoms with E-state index in [0.29, 0.717) is 0 Å². The summed E-state index contributed by atoms with van der Waals surface area (Å²) in [6, 6.07) is 3.52. The van der Waals surface area contributed by atoms with Crippen LogP contribution in [0.4, 0.5) is 17.6 Å². The highest BCUT2D eigenvalue weighted by atomic mass is 19.4. The van der Waals surface area contributed by atoms with Crippen LogP contribution in [-0.4, -0.2) is 36.2 Å². The summed E-state index contributed by atoms with van der Waals surface area (Å²) >= 11 is 0. The number of alkyl halides is 4. The minimum Gasteiger partial charge on any atom is -0.459 e. The lowest BCUT2D eigenvalue weighted by Crippen LogP contribution is -2.20. The van der Waals surface area contributed by atoms with Crippen molar-refractivity contribution in [1.82, 2.24) is 0 Å². The quantitative estimate of drug-likeness (QED) is 0.688. The van der Waals surface area contributed by atoms with Gasteiger partial charge in [-0.2, -0.15) is 13.2 Å². The molecule has 116 valence electrons. The number of hydrogen-bond donors (Lipinski definition) is 1. The van der Waals surface area contributed by atoms with Crippen molar-refractivity contribution in [3.63, 3.8) is 0 Å². The summed E-state index contributed by atoms with van der Waals surface area (Å²) in [6.45, 7) is -0.280. The fourth-order valence-electron chi connectivity index (χ4n) is 1.86. The summed E-state index contributed by atoms with van der Waals surface area (Å²) in [6.07, 6.45) is -8.44. The van der Waals surface area contributed by atoms with E-state index in [9.17, 15) is 22.4 Å². The van der Waals surface area contributed by atoms with Crippen molar-refractivity contribution in [3.8, 4) is 0 Å². The Labute approximate surface area is 117 Å². The molecule has 1 aliphatic heterocycles. The van der Waals surface area contributed by atoms with Gasteiger partial charge in [-0.3, -0.25) is 0 Å². The molecule has 1 fully saturated rings. The number of rotatable bonds is 3. The summed E-state index contributed by atoms with van der Waals surface area (Å²) in [4.78, 5) is 11.6. The van der Waals surface area contributed by atoms with Gasteiger partial charge in [0.1, 0.15) is 6.61 Å². The molecule has 0 radical (unpaired) electrons. The Bertz CT molecular complexity index is 490. The summed E-state index contributed by atoms with van der Waals surface area (Å²) in [5.41, 5.74) is -0.931. The SMILES string of the molecule is O=C(OCC1CC(F)C(O)O1)c1ccc(C(F)(F)F)cc1. The highest BCUT2D eigenvalue weighted by molar-refractivity contribution is 5.89. The Morgan fingerprint density at radius 2 is 1.95 bits per heavy atom. The van der Waals surface area contributed by atoms with Crippen LogP contribution < -0.4 is 0 Å². The third-order valence-electron chi connectivity index (χ3n) is 2.98. The molecule has 0 saturated carbocycles. The van der Waals surface area contributed by atoms with E-state index in [4.69, 9.17) is 14.6 Å². The summed E-state index contributed by atoms with van der Waals surface area (Å²) in [7, 11) is 0. The van der Waals surface area contributed by atoms with Crippen molar-refractivity contribution in [1.29, 1.82) is 0 Å². The number of carbonyl (C=O) groups is 1. The molecule has 21 heavy (non-hydrogen) atoms. The molecule has 1 saturated heterocycles. The number of hydrogen-bond acceptors (Lipinski definition) is 4. The molecule has 4 nitrogen and oxygen atoms in total. The monoisotopic (exact) mass is 308 g/mol. The van der Waals surface area contributed by atoms with E-state index in [-0.39, 0.29) is 18.6 Å². The number of aliphatic hydroxyl groups excluding tert-OH is 1. The molecule has 0 aromatic heterocycles. The minimum atomic E-state index is -4.48. The van der Waals surface area contributed by atoms with Gasteiger partial charge in [-0.15, -0.1) is 0 Å². The van der Waals surface area contributed by atoms with Gasteiger partial charge >= 0.3 is 12.1 Å². The second-order valence-corrected chi connectivity index (χ2v) is 4.57. The molecular formula is C13H12F4O4. The van der Waals surface area contributed by atoms with Gasteiger partial charge < -0.3 is 14.6 Å². The van der Waals surface area contributed by atoms with Crippen molar-refractivity contribution < 1.29 is 36.9 Å². The first-order valence-electron chi connectivity index (χ1n) is 6.09. The maximum absolute atomic E-state index is 12.9. The van der Waals surface area contributed by atoms with Crippen molar-refractivity contribution in [2.45, 2.75) is 31.2 Å². The molecule has 8 heteroatoms. The highest BCUT2D eigenvalue weighted by Crippen LogP contribution is 2.29. The number of ether oxygens (including phenoxy) is 2. The fourth-order valence-corrected chi connectivity index (χ4v) is 1.86. The Balaban J connectivity index is 1.89. The zero-order chi connectivity index (χ0) is 15.6. The lowest BCUT2D eigenvalue weighted by molar-refractivity contribution is -0.137. The molecule has 3 atom stereocenters. The highest BCUT2D eigenvalue weighted by Gasteiger charge is 2.34. The Hall–Kier alpha value is -1.67. The topological polar surface area (TPSA) is 55.8 Å². The second-order valence-electron chi connectivity index (χ2n) is 4.57. The van der Waals surface area contributed by atoms with Gasteiger partial charge in [0.05, 0.1) is 17.2 Å². The molecule has 3 unspecified atom stereocenters. The van der Waals surface area contributed by atoms with Crippen LogP contribution in [0.2, 0.25) is 0 Å². The van der Waals surface area contributed by atoms with Gasteiger partial charge in [-0.05, 0) is 24.3 Å². The Kier molecular flexibility index (Phi) is 4.48. The second kappa shape index (κ2) is 5.98. The Morgan fingerprint density at radius 1 is 1.33 bits per heavy atom. The van der Waals surface area contributed by atoms with E-state index < -0.39 is 36.3 Å². The molecule has 1 heterocycles. The van der Waals surface area contributed by atoms with E-state index in [0.717, 1.165) is 24.3 Å². The first kappa shape index (κ1) is 15.7. The number of carbonyl (C=O) groups excluding carboxylic acids is 1. The number of esters is 1. The predicted molar refractivity (Wildman–Crippen MR) is 62.1 cm³/mol. The van der Waals surface area contributed by atoms with Crippen LogP contribution >= 0.6 is 0 Å². The van der Waals surface area contributed by atoms with Gasteiger partial charge in [0.25, 0.3) is 0 Å². The first-order valence-corrected chi connectivity index (χ1v) is 6.09. The van der Waals surface area contributed by atoms with Crippen molar-refractivity contribution in [2.24, 2.45) is 0 Å². The molecule has 0 spiro atoms. The van der Waals surface area contributed by atoms with Gasteiger partial charge in [0, 0.05) is 6.42 Å². The number of halogens is 4. The van der Waals surface area contributed by atoms with Gasteiger partial charge in [0.2, 0.25) is 0 Å². The average molecular weight is 308 g/mol. The molecule has 2 rings (SSSR count). The molecule has 1 aliphatic rings. The lowest BCUT2D eigenvalue weighted by atomic mass is 10.1. The van der Waals surface area contributed by atoms with Gasteiger partial charge in [-0.1, -0.05) is 0 Å². The smallest absolute Gasteiger partial charge is 0.416 e. The summed E-state index contributed by atoms with van der Waals surface area (Å²) < 4.78 is 59.6. The molecular weight excluding hydrogens is 296 g/mol. The van der Waals surface area contributed by atoms with E-state index in [1.165, 1.54) is 0 Å². The van der Waals surface area contributed by atoms with E-state index in [1.54, 1.807) is 0 Å². The van der Waals surface area contributed by atoms with Crippen LogP contribution in [0.5, 0.6) is 0 Å². The van der Waals surface area contributed by atoms with Crippen molar-refractivity contribution in [2.75, 3.05) is 6.61 Å². The van der Waals surface area contributed by atoms with Crippen molar-refractivity contribution in [3.05, 3.63) is 35.4 Å². The molecule has 0 bridgehead atoms. The van der Waals surface area contributed by atoms with Crippen LogP contribution in [-0.2, 0) is 15.7 Å². The van der Waals surface area contributed by atoms with Gasteiger partial charge in [0.15, 0.2) is 12.5 Å². The van der Waals surface area contributed by atoms with E-state index in [1.807, 2.05) is 0 Å². The fraction of sp³-hybridized carbons (Fsp3) is 0.462. The summed E-state index contributed by atoms with van der Waals surface area (Å²) in [5.74, 6) is -0.843.